The fourth-order valence-electron chi connectivity index (χ4n) is 9.93. The van der Waals surface area contributed by atoms with Crippen molar-refractivity contribution in [1.29, 1.82) is 0 Å². The van der Waals surface area contributed by atoms with Crippen LogP contribution in [-0.4, -0.2) is 0 Å². The highest BCUT2D eigenvalue weighted by Crippen LogP contribution is 2.57. The first-order valence-corrected chi connectivity index (χ1v) is 19.6. The van der Waals surface area contributed by atoms with E-state index in [0.29, 0.717) is 0 Å². The van der Waals surface area contributed by atoms with Crippen LogP contribution in [0.2, 0.25) is 0 Å². The van der Waals surface area contributed by atoms with Gasteiger partial charge in [-0.05, 0) is 122 Å². The van der Waals surface area contributed by atoms with Crippen molar-refractivity contribution in [3.05, 3.63) is 197 Å². The third-order valence-corrected chi connectivity index (χ3v) is 12.7. The van der Waals surface area contributed by atoms with E-state index in [0.717, 1.165) is 0 Å². The van der Waals surface area contributed by atoms with Gasteiger partial charge in [-0.1, -0.05) is 161 Å². The van der Waals surface area contributed by atoms with Crippen molar-refractivity contribution in [2.45, 2.75) is 52.4 Å². The van der Waals surface area contributed by atoms with Crippen molar-refractivity contribution in [1.82, 2.24) is 0 Å². The second kappa shape index (κ2) is 12.2. The quantitative estimate of drug-likeness (QED) is 0.172. The maximum Gasteiger partial charge on any atom is 0.0569 e. The molecular formula is C54H45N. The molecule has 0 unspecified atom stereocenters. The van der Waals surface area contributed by atoms with Gasteiger partial charge in [0, 0.05) is 27.6 Å². The molecule has 8 aromatic carbocycles. The summed E-state index contributed by atoms with van der Waals surface area (Å²) in [6.45, 7) is 14.1. The van der Waals surface area contributed by atoms with Gasteiger partial charge in [0.25, 0.3) is 0 Å². The Balaban J connectivity index is 1.31. The van der Waals surface area contributed by atoms with Gasteiger partial charge in [-0.3, -0.25) is 0 Å². The summed E-state index contributed by atoms with van der Waals surface area (Å²) in [5, 5.41) is 2.52. The Kier molecular flexibility index (Phi) is 7.39. The molecule has 0 spiro atoms. The number of benzene rings is 8. The van der Waals surface area contributed by atoms with E-state index in [1.54, 1.807) is 0 Å². The van der Waals surface area contributed by atoms with Crippen LogP contribution in [0.25, 0.3) is 55.3 Å². The van der Waals surface area contributed by atoms with Gasteiger partial charge in [-0.25, -0.2) is 0 Å². The summed E-state index contributed by atoms with van der Waals surface area (Å²) < 4.78 is 0. The van der Waals surface area contributed by atoms with E-state index in [1.807, 2.05) is 0 Å². The smallest absolute Gasteiger partial charge is 0.0569 e. The summed E-state index contributed by atoms with van der Waals surface area (Å²) in [5.74, 6) is 0. The number of rotatable bonds is 5. The predicted octanol–water partition coefficient (Wildman–Crippen LogP) is 14.9. The Morgan fingerprint density at radius 1 is 0.400 bits per heavy atom. The molecule has 8 aromatic rings. The van der Waals surface area contributed by atoms with Crippen LogP contribution in [-0.2, 0) is 10.8 Å². The molecule has 0 aliphatic heterocycles. The minimum atomic E-state index is -0.132. The topological polar surface area (TPSA) is 3.24 Å². The molecule has 0 saturated carbocycles. The minimum absolute atomic E-state index is 0.124. The summed E-state index contributed by atoms with van der Waals surface area (Å²) in [7, 11) is 0. The third kappa shape index (κ3) is 4.92. The molecule has 0 amide bonds. The standard InChI is InChI=1S/C54H45N/c1-34-17-7-9-20-39(34)45-32-37(41-24-15-19-36-18-8-10-21-40(36)41)31-35(2)52(45)55(38-29-30-43-42-22-11-13-25-46(42)54(5,6)49(43)33-38)50-28-16-27-48-51(50)44-23-12-14-26-47(44)53(48,3)4/h7-33H,1-6H3. The molecule has 0 heterocycles. The van der Waals surface area contributed by atoms with Crippen LogP contribution in [0, 0.1) is 13.8 Å². The Bertz CT molecular complexity index is 2840. The number of nitrogens with zero attached hydrogens (tertiary/aromatic N) is 1. The number of fused-ring (bicyclic) bond motifs is 7. The molecular weight excluding hydrogens is 663 g/mol. The normalized spacial score (nSPS) is 14.3. The van der Waals surface area contributed by atoms with Crippen molar-refractivity contribution in [2.75, 3.05) is 4.90 Å². The average molecular weight is 708 g/mol. The lowest BCUT2D eigenvalue weighted by Crippen LogP contribution is -2.18. The first kappa shape index (κ1) is 33.4. The molecule has 0 radical (unpaired) electrons. The lowest BCUT2D eigenvalue weighted by Gasteiger charge is -2.33. The molecule has 2 aliphatic rings. The fraction of sp³-hybridized carbons (Fsp3) is 0.148. The number of hydrogen-bond acceptors (Lipinski definition) is 1. The molecule has 0 N–H and O–H groups in total. The molecule has 0 saturated heterocycles. The zero-order valence-corrected chi connectivity index (χ0v) is 32.5. The van der Waals surface area contributed by atoms with Gasteiger partial charge in [-0.2, -0.15) is 0 Å². The van der Waals surface area contributed by atoms with E-state index in [9.17, 15) is 0 Å². The van der Waals surface area contributed by atoms with Crippen LogP contribution in [0.5, 0.6) is 0 Å². The summed E-state index contributed by atoms with van der Waals surface area (Å²) in [6, 6.07) is 61.4. The fourth-order valence-corrected chi connectivity index (χ4v) is 9.93. The second-order valence-electron chi connectivity index (χ2n) is 16.6. The van der Waals surface area contributed by atoms with Crippen LogP contribution in [0.4, 0.5) is 17.1 Å². The summed E-state index contributed by atoms with van der Waals surface area (Å²) in [4.78, 5) is 2.60. The highest BCUT2D eigenvalue weighted by molar-refractivity contribution is 6.03. The number of hydrogen-bond donors (Lipinski definition) is 0. The highest BCUT2D eigenvalue weighted by atomic mass is 15.2. The van der Waals surface area contributed by atoms with E-state index in [4.69, 9.17) is 0 Å². The largest absolute Gasteiger partial charge is 0.309 e. The van der Waals surface area contributed by atoms with Gasteiger partial charge in [-0.15, -0.1) is 0 Å². The molecule has 0 bridgehead atoms. The molecule has 266 valence electrons. The van der Waals surface area contributed by atoms with Gasteiger partial charge in [0.1, 0.15) is 0 Å². The van der Waals surface area contributed by atoms with Crippen LogP contribution < -0.4 is 4.90 Å². The Hall–Kier alpha value is -6.18. The summed E-state index contributed by atoms with van der Waals surface area (Å²) in [5.41, 5.74) is 21.6. The summed E-state index contributed by atoms with van der Waals surface area (Å²) in [6.07, 6.45) is 0. The molecule has 10 rings (SSSR count). The van der Waals surface area contributed by atoms with E-state index in [1.165, 1.54) is 106 Å². The number of aryl methyl sites for hydroxylation is 2. The average Bonchev–Trinajstić information content (AvgIpc) is 3.58. The Labute approximate surface area is 325 Å². The van der Waals surface area contributed by atoms with Crippen molar-refractivity contribution in [2.24, 2.45) is 0 Å². The lowest BCUT2D eigenvalue weighted by molar-refractivity contribution is 0.660. The highest BCUT2D eigenvalue weighted by Gasteiger charge is 2.39. The van der Waals surface area contributed by atoms with E-state index in [2.05, 4.69) is 210 Å². The first-order chi connectivity index (χ1) is 26.6. The van der Waals surface area contributed by atoms with Crippen molar-refractivity contribution < 1.29 is 0 Å². The predicted molar refractivity (Wildman–Crippen MR) is 234 cm³/mol. The van der Waals surface area contributed by atoms with E-state index >= 15 is 0 Å². The minimum Gasteiger partial charge on any atom is -0.309 e. The molecule has 0 aromatic heterocycles. The van der Waals surface area contributed by atoms with Gasteiger partial charge in [0.05, 0.1) is 11.4 Å². The van der Waals surface area contributed by atoms with Gasteiger partial charge in [0.15, 0.2) is 0 Å². The molecule has 0 atom stereocenters. The zero-order valence-electron chi connectivity index (χ0n) is 32.5. The van der Waals surface area contributed by atoms with Crippen LogP contribution in [0.1, 0.15) is 61.1 Å². The van der Waals surface area contributed by atoms with E-state index in [-0.39, 0.29) is 10.8 Å². The van der Waals surface area contributed by atoms with Crippen LogP contribution in [0.15, 0.2) is 164 Å². The number of anilines is 3. The van der Waals surface area contributed by atoms with Crippen LogP contribution >= 0.6 is 0 Å². The molecule has 1 nitrogen and oxygen atoms in total. The molecule has 0 fully saturated rings. The second-order valence-corrected chi connectivity index (χ2v) is 16.6. The van der Waals surface area contributed by atoms with Gasteiger partial charge in [0.2, 0.25) is 0 Å². The van der Waals surface area contributed by atoms with Crippen molar-refractivity contribution in [3.63, 3.8) is 0 Å². The third-order valence-electron chi connectivity index (χ3n) is 12.7. The SMILES string of the molecule is Cc1ccccc1-c1cc(-c2cccc3ccccc23)cc(C)c1N(c1ccc2c(c1)C(C)(C)c1ccccc1-2)c1cccc2c1-c1ccccc1C2(C)C. The monoisotopic (exact) mass is 707 g/mol. The molecule has 55 heavy (non-hydrogen) atoms. The Morgan fingerprint density at radius 3 is 1.78 bits per heavy atom. The zero-order chi connectivity index (χ0) is 37.6. The summed E-state index contributed by atoms with van der Waals surface area (Å²) >= 11 is 0. The molecule has 2 aliphatic carbocycles. The van der Waals surface area contributed by atoms with Gasteiger partial charge < -0.3 is 4.90 Å². The van der Waals surface area contributed by atoms with Crippen molar-refractivity contribution >= 4 is 27.8 Å². The Morgan fingerprint density at radius 2 is 0.982 bits per heavy atom. The van der Waals surface area contributed by atoms with Crippen LogP contribution in [0.3, 0.4) is 0 Å². The van der Waals surface area contributed by atoms with Gasteiger partial charge >= 0.3 is 0 Å². The maximum atomic E-state index is 2.60. The lowest BCUT2D eigenvalue weighted by atomic mass is 9.82. The first-order valence-electron chi connectivity index (χ1n) is 19.6. The maximum absolute atomic E-state index is 2.60. The van der Waals surface area contributed by atoms with Crippen molar-refractivity contribution in [3.8, 4) is 44.5 Å². The molecule has 1 heteroatoms. The van der Waals surface area contributed by atoms with E-state index < -0.39 is 0 Å².